The van der Waals surface area contributed by atoms with Crippen molar-refractivity contribution in [3.63, 3.8) is 0 Å². The predicted octanol–water partition coefficient (Wildman–Crippen LogP) is 6.45. The summed E-state index contributed by atoms with van der Waals surface area (Å²) in [5.74, 6) is -3.48. The number of allylic oxidation sites excluding steroid dienone is 2. The number of benzene rings is 1. The van der Waals surface area contributed by atoms with Gasteiger partial charge >= 0.3 is 12.4 Å². The SMILES string of the molecule is CCOC(/C=C(/C=C/c1c(C)cc(C)cc1C)C(F)(F)F)(OCC)C(F)(F)F. The fraction of sp³-hybridized carbons (Fsp3) is 0.500. The van der Waals surface area contributed by atoms with Gasteiger partial charge in [-0.15, -0.1) is 0 Å². The molecule has 0 aliphatic carbocycles. The number of ether oxygens (including phenoxy) is 2. The second kappa shape index (κ2) is 9.13. The van der Waals surface area contributed by atoms with Gasteiger partial charge < -0.3 is 9.47 Å². The van der Waals surface area contributed by atoms with E-state index in [0.29, 0.717) is 22.8 Å². The van der Waals surface area contributed by atoms with Gasteiger partial charge in [0.15, 0.2) is 0 Å². The van der Waals surface area contributed by atoms with Crippen LogP contribution in [-0.4, -0.2) is 31.4 Å². The lowest BCUT2D eigenvalue weighted by Gasteiger charge is -2.32. The third-order valence-corrected chi connectivity index (χ3v) is 3.95. The minimum absolute atomic E-state index is 0.0463. The van der Waals surface area contributed by atoms with Crippen LogP contribution in [0.5, 0.6) is 0 Å². The van der Waals surface area contributed by atoms with Gasteiger partial charge in [-0.05, 0) is 63.5 Å². The monoisotopic (exact) mass is 410 g/mol. The molecule has 0 fully saturated rings. The zero-order valence-corrected chi connectivity index (χ0v) is 16.4. The maximum atomic E-state index is 13.5. The zero-order chi connectivity index (χ0) is 21.8. The molecular weight excluding hydrogens is 386 g/mol. The number of aryl methyl sites for hydroxylation is 3. The standard InChI is InChI=1S/C20H24F6O2/c1-6-27-18(28-7-2,20(24,25)26)12-16(19(21,22)23)8-9-17-14(4)10-13(3)11-15(17)5/h8-12H,6-7H2,1-5H3/b9-8+,16-12-. The summed E-state index contributed by atoms with van der Waals surface area (Å²) in [5, 5.41) is 0. The molecule has 1 rings (SSSR count). The van der Waals surface area contributed by atoms with Crippen molar-refractivity contribution in [1.82, 2.24) is 0 Å². The molecule has 0 bridgehead atoms. The van der Waals surface area contributed by atoms with Crippen molar-refractivity contribution < 1.29 is 35.8 Å². The van der Waals surface area contributed by atoms with Crippen molar-refractivity contribution in [3.8, 4) is 0 Å². The molecule has 1 aromatic carbocycles. The van der Waals surface area contributed by atoms with E-state index in [1.165, 1.54) is 13.8 Å². The number of hydrogen-bond donors (Lipinski definition) is 0. The lowest BCUT2D eigenvalue weighted by atomic mass is 9.98. The molecule has 28 heavy (non-hydrogen) atoms. The van der Waals surface area contributed by atoms with Gasteiger partial charge in [-0.2, -0.15) is 26.3 Å². The maximum absolute atomic E-state index is 13.5. The molecule has 2 nitrogen and oxygen atoms in total. The molecule has 0 saturated carbocycles. The third-order valence-electron chi connectivity index (χ3n) is 3.95. The van der Waals surface area contributed by atoms with Crippen molar-refractivity contribution in [2.75, 3.05) is 13.2 Å². The van der Waals surface area contributed by atoms with Crippen molar-refractivity contribution >= 4 is 6.08 Å². The van der Waals surface area contributed by atoms with E-state index >= 15 is 0 Å². The highest BCUT2D eigenvalue weighted by atomic mass is 19.4. The van der Waals surface area contributed by atoms with Crippen LogP contribution in [0.25, 0.3) is 6.08 Å². The van der Waals surface area contributed by atoms with Crippen LogP contribution in [0.2, 0.25) is 0 Å². The van der Waals surface area contributed by atoms with E-state index in [-0.39, 0.29) is 6.08 Å². The average molecular weight is 410 g/mol. The highest BCUT2D eigenvalue weighted by Gasteiger charge is 2.57. The third kappa shape index (κ3) is 5.85. The van der Waals surface area contributed by atoms with Crippen LogP contribution in [0, 0.1) is 20.8 Å². The van der Waals surface area contributed by atoms with E-state index in [0.717, 1.165) is 11.6 Å². The van der Waals surface area contributed by atoms with Gasteiger partial charge in [0, 0.05) is 13.2 Å². The van der Waals surface area contributed by atoms with Crippen molar-refractivity contribution in [3.05, 3.63) is 52.1 Å². The van der Waals surface area contributed by atoms with Crippen LogP contribution < -0.4 is 0 Å². The molecule has 0 amide bonds. The maximum Gasteiger partial charge on any atom is 0.447 e. The molecule has 0 heterocycles. The minimum Gasteiger partial charge on any atom is -0.340 e. The lowest BCUT2D eigenvalue weighted by Crippen LogP contribution is -2.49. The largest absolute Gasteiger partial charge is 0.447 e. The van der Waals surface area contributed by atoms with Crippen LogP contribution in [-0.2, 0) is 9.47 Å². The highest BCUT2D eigenvalue weighted by molar-refractivity contribution is 5.61. The molecule has 8 heteroatoms. The Balaban J connectivity index is 3.56. The Kier molecular flexibility index (Phi) is 7.91. The van der Waals surface area contributed by atoms with Gasteiger partial charge in [-0.1, -0.05) is 23.8 Å². The smallest absolute Gasteiger partial charge is 0.340 e. The normalized spacial score (nSPS) is 14.2. The Bertz CT molecular complexity index is 700. The topological polar surface area (TPSA) is 18.5 Å². The molecule has 0 aromatic heterocycles. The van der Waals surface area contributed by atoms with Crippen LogP contribution in [0.1, 0.15) is 36.1 Å². The number of rotatable bonds is 7. The zero-order valence-electron chi connectivity index (χ0n) is 16.4. The van der Waals surface area contributed by atoms with Gasteiger partial charge in [0.05, 0.1) is 5.57 Å². The van der Waals surface area contributed by atoms with Crippen LogP contribution in [0.15, 0.2) is 29.9 Å². The summed E-state index contributed by atoms with van der Waals surface area (Å²) in [6.07, 6.45) is -8.51. The molecule has 0 atom stereocenters. The van der Waals surface area contributed by atoms with Gasteiger partial charge in [0.2, 0.25) is 0 Å². The van der Waals surface area contributed by atoms with E-state index in [4.69, 9.17) is 0 Å². The summed E-state index contributed by atoms with van der Waals surface area (Å²) in [6, 6.07) is 3.56. The molecule has 0 aliphatic rings. The highest BCUT2D eigenvalue weighted by Crippen LogP contribution is 2.40. The van der Waals surface area contributed by atoms with E-state index in [1.807, 2.05) is 6.92 Å². The van der Waals surface area contributed by atoms with Crippen molar-refractivity contribution in [2.45, 2.75) is 52.8 Å². The Labute approximate surface area is 160 Å². The predicted molar refractivity (Wildman–Crippen MR) is 95.9 cm³/mol. The van der Waals surface area contributed by atoms with E-state index in [1.54, 1.807) is 26.0 Å². The quantitative estimate of drug-likeness (QED) is 0.292. The van der Waals surface area contributed by atoms with Gasteiger partial charge in [-0.25, -0.2) is 0 Å². The molecule has 0 saturated heterocycles. The molecule has 0 unspecified atom stereocenters. The molecule has 0 radical (unpaired) electrons. The molecule has 0 aliphatic heterocycles. The van der Waals surface area contributed by atoms with E-state index < -0.39 is 36.9 Å². The Hall–Kier alpha value is -1.80. The van der Waals surface area contributed by atoms with Crippen LogP contribution in [0.3, 0.4) is 0 Å². The molecule has 0 N–H and O–H groups in total. The second-order valence-corrected chi connectivity index (χ2v) is 6.27. The first-order chi connectivity index (χ1) is 12.8. The molecular formula is C20H24F6O2. The van der Waals surface area contributed by atoms with E-state index in [2.05, 4.69) is 9.47 Å². The Morgan fingerprint density at radius 1 is 0.893 bits per heavy atom. The van der Waals surface area contributed by atoms with Gasteiger partial charge in [-0.3, -0.25) is 0 Å². The molecule has 1 aromatic rings. The number of alkyl halides is 6. The Morgan fingerprint density at radius 2 is 1.36 bits per heavy atom. The van der Waals surface area contributed by atoms with Gasteiger partial charge in [0.1, 0.15) is 0 Å². The molecule has 158 valence electrons. The van der Waals surface area contributed by atoms with E-state index in [9.17, 15) is 26.3 Å². The summed E-state index contributed by atoms with van der Waals surface area (Å²) in [5.41, 5.74) is 1.36. The fourth-order valence-electron chi connectivity index (χ4n) is 2.86. The van der Waals surface area contributed by atoms with Crippen molar-refractivity contribution in [1.29, 1.82) is 0 Å². The summed E-state index contributed by atoms with van der Waals surface area (Å²) >= 11 is 0. The first-order valence-corrected chi connectivity index (χ1v) is 8.68. The summed E-state index contributed by atoms with van der Waals surface area (Å²) in [7, 11) is 0. The first-order valence-electron chi connectivity index (χ1n) is 8.68. The van der Waals surface area contributed by atoms with Crippen LogP contribution in [0.4, 0.5) is 26.3 Å². The summed E-state index contributed by atoms with van der Waals surface area (Å²) < 4.78 is 90.3. The summed E-state index contributed by atoms with van der Waals surface area (Å²) in [6.45, 7) is 6.80. The number of halogens is 6. The fourth-order valence-corrected chi connectivity index (χ4v) is 2.86. The molecule has 0 spiro atoms. The van der Waals surface area contributed by atoms with Crippen molar-refractivity contribution in [2.24, 2.45) is 0 Å². The van der Waals surface area contributed by atoms with Crippen LogP contribution >= 0.6 is 0 Å². The number of hydrogen-bond acceptors (Lipinski definition) is 2. The minimum atomic E-state index is -5.20. The first kappa shape index (κ1) is 24.2. The van der Waals surface area contributed by atoms with Gasteiger partial charge in [0.25, 0.3) is 5.79 Å². The average Bonchev–Trinajstić information content (AvgIpc) is 2.50. The lowest BCUT2D eigenvalue weighted by molar-refractivity contribution is -0.355. The summed E-state index contributed by atoms with van der Waals surface area (Å²) in [4.78, 5) is 0. The Morgan fingerprint density at radius 3 is 1.71 bits per heavy atom. The second-order valence-electron chi connectivity index (χ2n) is 6.27.